The number of rotatable bonds is 7. The lowest BCUT2D eigenvalue weighted by atomic mass is 10.1. The first-order valence-electron chi connectivity index (χ1n) is 8.36. The summed E-state index contributed by atoms with van der Waals surface area (Å²) in [6, 6.07) is 13.0. The number of H-pyrrole nitrogens is 1. The van der Waals surface area contributed by atoms with E-state index in [2.05, 4.69) is 22.4 Å². The Kier molecular flexibility index (Phi) is 5.16. The fraction of sp³-hybridized carbons (Fsp3) is 0.300. The third-order valence-electron chi connectivity index (χ3n) is 4.20. The number of hydrogen-bond acceptors (Lipinski definition) is 2. The zero-order chi connectivity index (χ0) is 16.9. The number of fused-ring (bicyclic) bond motifs is 1. The van der Waals surface area contributed by atoms with Crippen LogP contribution < -0.4 is 10.1 Å². The monoisotopic (exact) mass is 326 g/mol. The van der Waals surface area contributed by atoms with E-state index in [-0.39, 0.29) is 5.82 Å². The summed E-state index contributed by atoms with van der Waals surface area (Å²) in [6.07, 6.45) is 0.867. The van der Waals surface area contributed by atoms with Crippen molar-refractivity contribution < 1.29 is 9.13 Å². The summed E-state index contributed by atoms with van der Waals surface area (Å²) in [7, 11) is 0. The number of nitrogens with one attached hydrogen (secondary N) is 2. The van der Waals surface area contributed by atoms with Gasteiger partial charge in [0.05, 0.1) is 6.61 Å². The molecule has 4 heteroatoms. The van der Waals surface area contributed by atoms with Gasteiger partial charge in [0.25, 0.3) is 0 Å². The van der Waals surface area contributed by atoms with Crippen LogP contribution in [-0.4, -0.2) is 18.1 Å². The van der Waals surface area contributed by atoms with Crippen LogP contribution in [0.1, 0.15) is 23.7 Å². The van der Waals surface area contributed by atoms with E-state index < -0.39 is 0 Å². The third-order valence-corrected chi connectivity index (χ3v) is 4.20. The Morgan fingerprint density at radius 2 is 1.92 bits per heavy atom. The van der Waals surface area contributed by atoms with Gasteiger partial charge in [0.2, 0.25) is 0 Å². The maximum absolute atomic E-state index is 13.5. The zero-order valence-electron chi connectivity index (χ0n) is 14.2. The molecule has 1 heterocycles. The smallest absolute Gasteiger partial charge is 0.123 e. The summed E-state index contributed by atoms with van der Waals surface area (Å²) in [6.45, 7) is 6.36. The van der Waals surface area contributed by atoms with E-state index in [9.17, 15) is 4.39 Å². The zero-order valence-corrected chi connectivity index (χ0v) is 14.2. The largest absolute Gasteiger partial charge is 0.494 e. The van der Waals surface area contributed by atoms with E-state index in [1.807, 2.05) is 26.0 Å². The molecule has 0 radical (unpaired) electrons. The van der Waals surface area contributed by atoms with Gasteiger partial charge in [-0.15, -0.1) is 0 Å². The summed E-state index contributed by atoms with van der Waals surface area (Å²) in [5.41, 5.74) is 4.51. The molecule has 3 aromatic rings. The van der Waals surface area contributed by atoms with Gasteiger partial charge in [-0.25, -0.2) is 4.39 Å². The lowest BCUT2D eigenvalue weighted by Gasteiger charge is -2.07. The van der Waals surface area contributed by atoms with E-state index in [4.69, 9.17) is 4.74 Å². The quantitative estimate of drug-likeness (QED) is 0.634. The van der Waals surface area contributed by atoms with Gasteiger partial charge in [-0.2, -0.15) is 0 Å². The molecular formula is C20H23FN2O. The number of ether oxygens (including phenoxy) is 1. The van der Waals surface area contributed by atoms with Crippen molar-refractivity contribution in [3.63, 3.8) is 0 Å². The standard InChI is InChI=1S/C20H23FN2O/c1-3-24-17-7-4-15(5-8-17)13-22-11-10-18-14(2)23-20-9-6-16(21)12-19(18)20/h4-9,12,22-23H,3,10-11,13H2,1-2H3. The Balaban J connectivity index is 1.57. The normalized spacial score (nSPS) is 11.1. The van der Waals surface area contributed by atoms with E-state index >= 15 is 0 Å². The van der Waals surface area contributed by atoms with Gasteiger partial charge in [-0.1, -0.05) is 12.1 Å². The number of halogens is 1. The second-order valence-corrected chi connectivity index (χ2v) is 5.92. The van der Waals surface area contributed by atoms with Crippen LogP contribution in [0.5, 0.6) is 5.75 Å². The van der Waals surface area contributed by atoms with Crippen molar-refractivity contribution in [1.82, 2.24) is 10.3 Å². The molecule has 0 amide bonds. The molecule has 0 bridgehead atoms. The SMILES string of the molecule is CCOc1ccc(CNCCc2c(C)[nH]c3ccc(F)cc23)cc1. The molecule has 24 heavy (non-hydrogen) atoms. The summed E-state index contributed by atoms with van der Waals surface area (Å²) in [4.78, 5) is 3.32. The van der Waals surface area contributed by atoms with Gasteiger partial charge < -0.3 is 15.0 Å². The van der Waals surface area contributed by atoms with Crippen molar-refractivity contribution in [3.8, 4) is 5.75 Å². The van der Waals surface area contributed by atoms with Crippen LogP contribution in [0.15, 0.2) is 42.5 Å². The average Bonchev–Trinajstić information content (AvgIpc) is 2.88. The Hall–Kier alpha value is -2.33. The molecule has 3 rings (SSSR count). The van der Waals surface area contributed by atoms with Crippen LogP contribution >= 0.6 is 0 Å². The molecule has 0 saturated heterocycles. The Morgan fingerprint density at radius 3 is 2.67 bits per heavy atom. The van der Waals surface area contributed by atoms with Gasteiger partial charge in [0.1, 0.15) is 11.6 Å². The predicted molar refractivity (Wildman–Crippen MR) is 96.0 cm³/mol. The fourth-order valence-corrected chi connectivity index (χ4v) is 2.99. The van der Waals surface area contributed by atoms with Crippen LogP contribution in [-0.2, 0) is 13.0 Å². The van der Waals surface area contributed by atoms with Crippen molar-refractivity contribution in [2.45, 2.75) is 26.8 Å². The molecule has 0 aliphatic rings. The Bertz CT molecular complexity index is 808. The second kappa shape index (κ2) is 7.49. The maximum Gasteiger partial charge on any atom is 0.123 e. The highest BCUT2D eigenvalue weighted by Gasteiger charge is 2.08. The highest BCUT2D eigenvalue weighted by molar-refractivity contribution is 5.84. The van der Waals surface area contributed by atoms with Crippen LogP contribution in [0.25, 0.3) is 10.9 Å². The van der Waals surface area contributed by atoms with Gasteiger partial charge in [0.15, 0.2) is 0 Å². The van der Waals surface area contributed by atoms with Crippen LogP contribution in [0.3, 0.4) is 0 Å². The highest BCUT2D eigenvalue weighted by atomic mass is 19.1. The third kappa shape index (κ3) is 3.77. The lowest BCUT2D eigenvalue weighted by molar-refractivity contribution is 0.340. The highest BCUT2D eigenvalue weighted by Crippen LogP contribution is 2.23. The van der Waals surface area contributed by atoms with Crippen molar-refractivity contribution >= 4 is 10.9 Å². The summed E-state index contributed by atoms with van der Waals surface area (Å²) in [5, 5.41) is 4.43. The van der Waals surface area contributed by atoms with E-state index in [0.29, 0.717) is 6.61 Å². The van der Waals surface area contributed by atoms with Gasteiger partial charge in [-0.05, 0) is 68.3 Å². The first kappa shape index (κ1) is 16.5. The minimum Gasteiger partial charge on any atom is -0.494 e. The molecule has 0 fully saturated rings. The first-order valence-corrected chi connectivity index (χ1v) is 8.36. The van der Waals surface area contributed by atoms with E-state index in [1.165, 1.54) is 17.2 Å². The number of aromatic nitrogens is 1. The summed E-state index contributed by atoms with van der Waals surface area (Å²) < 4.78 is 18.9. The Morgan fingerprint density at radius 1 is 1.12 bits per heavy atom. The van der Waals surface area contributed by atoms with Crippen LogP contribution in [0, 0.1) is 12.7 Å². The van der Waals surface area contributed by atoms with E-state index in [0.717, 1.165) is 41.9 Å². The molecule has 0 aliphatic heterocycles. The second-order valence-electron chi connectivity index (χ2n) is 5.92. The van der Waals surface area contributed by atoms with Gasteiger partial charge in [0, 0.05) is 23.1 Å². The van der Waals surface area contributed by atoms with Crippen LogP contribution in [0.4, 0.5) is 4.39 Å². The lowest BCUT2D eigenvalue weighted by Crippen LogP contribution is -2.16. The number of benzene rings is 2. The molecule has 0 atom stereocenters. The molecule has 0 spiro atoms. The van der Waals surface area contributed by atoms with Gasteiger partial charge in [-0.3, -0.25) is 0 Å². The van der Waals surface area contributed by atoms with Crippen molar-refractivity contribution in [2.24, 2.45) is 0 Å². The molecule has 1 aromatic heterocycles. The average molecular weight is 326 g/mol. The van der Waals surface area contributed by atoms with Crippen molar-refractivity contribution in [1.29, 1.82) is 0 Å². The van der Waals surface area contributed by atoms with Crippen molar-refractivity contribution in [2.75, 3.05) is 13.2 Å². The fourth-order valence-electron chi connectivity index (χ4n) is 2.99. The Labute approximate surface area is 141 Å². The molecule has 0 saturated carbocycles. The topological polar surface area (TPSA) is 37.0 Å². The maximum atomic E-state index is 13.5. The number of aromatic amines is 1. The molecule has 0 aliphatic carbocycles. The number of aryl methyl sites for hydroxylation is 1. The molecular weight excluding hydrogens is 303 g/mol. The molecule has 2 N–H and O–H groups in total. The minimum atomic E-state index is -0.190. The van der Waals surface area contributed by atoms with Gasteiger partial charge >= 0.3 is 0 Å². The molecule has 3 nitrogen and oxygen atoms in total. The first-order chi connectivity index (χ1) is 11.7. The predicted octanol–water partition coefficient (Wildman–Crippen LogP) is 4.35. The van der Waals surface area contributed by atoms with Crippen LogP contribution in [0.2, 0.25) is 0 Å². The van der Waals surface area contributed by atoms with E-state index in [1.54, 1.807) is 12.1 Å². The summed E-state index contributed by atoms with van der Waals surface area (Å²) >= 11 is 0. The van der Waals surface area contributed by atoms with Crippen molar-refractivity contribution in [3.05, 3.63) is 65.1 Å². The summed E-state index contributed by atoms with van der Waals surface area (Å²) in [5.74, 6) is 0.711. The molecule has 126 valence electrons. The molecule has 2 aromatic carbocycles. The number of hydrogen-bond donors (Lipinski definition) is 2. The molecule has 0 unspecified atom stereocenters. The minimum absolute atomic E-state index is 0.190.